The maximum atomic E-state index is 9.62. The molecule has 3 N–H and O–H groups in total. The van der Waals surface area contributed by atoms with Gasteiger partial charge in [-0.25, -0.2) is 4.98 Å². The summed E-state index contributed by atoms with van der Waals surface area (Å²) in [5.74, 6) is 0.0902. The summed E-state index contributed by atoms with van der Waals surface area (Å²) in [4.78, 5) is 9.36. The van der Waals surface area contributed by atoms with E-state index in [0.717, 1.165) is 39.8 Å². The van der Waals surface area contributed by atoms with Crippen LogP contribution in [-0.4, -0.2) is 19.6 Å². The predicted molar refractivity (Wildman–Crippen MR) is 105 cm³/mol. The minimum atomic E-state index is 0.0902. The van der Waals surface area contributed by atoms with Crippen molar-refractivity contribution in [2.24, 2.45) is 7.05 Å². The van der Waals surface area contributed by atoms with Crippen molar-refractivity contribution < 1.29 is 5.11 Å². The van der Waals surface area contributed by atoms with E-state index in [1.54, 1.807) is 12.1 Å². The number of rotatable bonds is 3. The van der Waals surface area contributed by atoms with Crippen LogP contribution in [0.4, 0.5) is 5.69 Å². The maximum Gasteiger partial charge on any atom is 0.138 e. The summed E-state index contributed by atoms with van der Waals surface area (Å²) >= 11 is 0. The highest BCUT2D eigenvalue weighted by Gasteiger charge is 2.09. The first-order chi connectivity index (χ1) is 12.5. The van der Waals surface area contributed by atoms with Gasteiger partial charge in [0.1, 0.15) is 5.75 Å². The van der Waals surface area contributed by atoms with Crippen LogP contribution in [0.2, 0.25) is 0 Å². The number of nitrogen functional groups attached to an aromatic ring is 1. The van der Waals surface area contributed by atoms with Gasteiger partial charge in [0, 0.05) is 24.5 Å². The second kappa shape index (κ2) is 6.19. The second-order valence-corrected chi connectivity index (χ2v) is 6.42. The Bertz CT molecular complexity index is 1110. The van der Waals surface area contributed by atoms with E-state index in [1.165, 1.54) is 5.69 Å². The van der Waals surface area contributed by atoms with Crippen molar-refractivity contribution in [2.45, 2.75) is 13.3 Å². The average Bonchev–Trinajstić information content (AvgIpc) is 3.04. The molecule has 2 aromatic carbocycles. The zero-order chi connectivity index (χ0) is 18.3. The highest BCUT2D eigenvalue weighted by molar-refractivity contribution is 5.84. The first-order valence-electron chi connectivity index (χ1n) is 8.56. The number of hydrogen-bond donors (Lipinski definition) is 2. The molecule has 5 nitrogen and oxygen atoms in total. The smallest absolute Gasteiger partial charge is 0.138 e. The molecular weight excluding hydrogens is 324 g/mol. The van der Waals surface area contributed by atoms with Crippen LogP contribution in [-0.2, 0) is 13.5 Å². The number of hydrogen-bond acceptors (Lipinski definition) is 4. The molecule has 2 heterocycles. The number of phenolic OH excluding ortho intramolecular Hbond substituents is 1. The normalized spacial score (nSPS) is 11.2. The number of aryl methyl sites for hydroxylation is 2. The predicted octanol–water partition coefficient (Wildman–Crippen LogP) is 4.15. The van der Waals surface area contributed by atoms with Crippen LogP contribution in [0.15, 0.2) is 54.9 Å². The molecule has 0 aliphatic carbocycles. The van der Waals surface area contributed by atoms with E-state index in [-0.39, 0.29) is 5.75 Å². The van der Waals surface area contributed by atoms with Crippen molar-refractivity contribution in [1.82, 2.24) is 14.5 Å². The number of nitrogens with two attached hydrogens (primary N) is 1. The van der Waals surface area contributed by atoms with Crippen LogP contribution in [0.3, 0.4) is 0 Å². The summed E-state index contributed by atoms with van der Waals surface area (Å²) in [5, 5.41) is 9.62. The Kier molecular flexibility index (Phi) is 3.84. The Hall–Kier alpha value is -3.34. The Morgan fingerprint density at radius 1 is 1.00 bits per heavy atom. The number of nitrogens with zero attached hydrogens (tertiary/aromatic N) is 3. The van der Waals surface area contributed by atoms with Gasteiger partial charge in [0.15, 0.2) is 0 Å². The van der Waals surface area contributed by atoms with Gasteiger partial charge in [-0.2, -0.15) is 0 Å². The van der Waals surface area contributed by atoms with E-state index < -0.39 is 0 Å². The lowest BCUT2D eigenvalue weighted by molar-refractivity contribution is 0.478. The standard InChI is InChI=1S/C21H20N4O/c1-3-16-8-15(12-25(16)2)20-11-23-18-6-4-14(10-19(18)24-20)13-5-7-21(26)17(22)9-13/h4-12,26H,3,22H2,1-2H3. The SMILES string of the molecule is CCc1cc(-c2cnc3ccc(-c4ccc(O)c(N)c4)cc3n2)cn1C. The van der Waals surface area contributed by atoms with Crippen LogP contribution in [0.25, 0.3) is 33.4 Å². The first kappa shape index (κ1) is 16.1. The summed E-state index contributed by atoms with van der Waals surface area (Å²) in [7, 11) is 2.05. The van der Waals surface area contributed by atoms with Gasteiger partial charge in [-0.05, 0) is 47.9 Å². The van der Waals surface area contributed by atoms with Gasteiger partial charge in [-0.15, -0.1) is 0 Å². The average molecular weight is 344 g/mol. The monoisotopic (exact) mass is 344 g/mol. The molecule has 0 radical (unpaired) electrons. The zero-order valence-electron chi connectivity index (χ0n) is 14.8. The molecule has 0 atom stereocenters. The summed E-state index contributed by atoms with van der Waals surface area (Å²) in [6.45, 7) is 2.14. The fourth-order valence-corrected chi connectivity index (χ4v) is 3.17. The number of anilines is 1. The van der Waals surface area contributed by atoms with Gasteiger partial charge in [0.2, 0.25) is 0 Å². The molecule has 0 fully saturated rings. The third-order valence-electron chi connectivity index (χ3n) is 4.67. The molecule has 0 spiro atoms. The fraction of sp³-hybridized carbons (Fsp3) is 0.143. The van der Waals surface area contributed by atoms with Gasteiger partial charge >= 0.3 is 0 Å². The van der Waals surface area contributed by atoms with Crippen molar-refractivity contribution in [1.29, 1.82) is 0 Å². The van der Waals surface area contributed by atoms with Crippen molar-refractivity contribution >= 4 is 16.7 Å². The van der Waals surface area contributed by atoms with Crippen LogP contribution >= 0.6 is 0 Å². The maximum absolute atomic E-state index is 9.62. The van der Waals surface area contributed by atoms with E-state index in [2.05, 4.69) is 28.7 Å². The molecule has 4 aromatic rings. The number of phenols is 1. The molecule has 4 rings (SSSR count). The lowest BCUT2D eigenvalue weighted by Crippen LogP contribution is -1.91. The van der Waals surface area contributed by atoms with Gasteiger partial charge in [-0.1, -0.05) is 19.1 Å². The van der Waals surface area contributed by atoms with Gasteiger partial charge in [-0.3, -0.25) is 4.98 Å². The van der Waals surface area contributed by atoms with E-state index in [4.69, 9.17) is 10.7 Å². The Morgan fingerprint density at radius 2 is 1.77 bits per heavy atom. The second-order valence-electron chi connectivity index (χ2n) is 6.42. The van der Waals surface area contributed by atoms with Crippen molar-refractivity contribution in [2.75, 3.05) is 5.73 Å². The molecule has 0 bridgehead atoms. The molecule has 0 amide bonds. The topological polar surface area (TPSA) is 77.0 Å². The molecule has 26 heavy (non-hydrogen) atoms. The molecule has 0 unspecified atom stereocenters. The Morgan fingerprint density at radius 3 is 2.50 bits per heavy atom. The Balaban J connectivity index is 1.80. The Labute approximate surface area is 151 Å². The van der Waals surface area contributed by atoms with Gasteiger partial charge in [0.05, 0.1) is 28.6 Å². The summed E-state index contributed by atoms with van der Waals surface area (Å²) in [6, 6.07) is 13.3. The van der Waals surface area contributed by atoms with Crippen LogP contribution in [0.1, 0.15) is 12.6 Å². The minimum absolute atomic E-state index is 0.0902. The molecule has 0 saturated heterocycles. The van der Waals surface area contributed by atoms with Crippen LogP contribution < -0.4 is 5.73 Å². The third kappa shape index (κ3) is 2.77. The van der Waals surface area contributed by atoms with E-state index in [0.29, 0.717) is 5.69 Å². The molecule has 0 aliphatic rings. The number of benzene rings is 2. The lowest BCUT2D eigenvalue weighted by Gasteiger charge is -2.06. The molecule has 5 heteroatoms. The number of aromatic nitrogens is 3. The van der Waals surface area contributed by atoms with E-state index >= 15 is 0 Å². The van der Waals surface area contributed by atoms with Crippen molar-refractivity contribution in [3.8, 4) is 28.1 Å². The van der Waals surface area contributed by atoms with Crippen molar-refractivity contribution in [3.05, 3.63) is 60.6 Å². The molecule has 0 aliphatic heterocycles. The molecule has 0 saturated carbocycles. The lowest BCUT2D eigenvalue weighted by atomic mass is 10.0. The summed E-state index contributed by atoms with van der Waals surface area (Å²) in [5.41, 5.74) is 13.0. The number of aromatic hydroxyl groups is 1. The first-order valence-corrected chi connectivity index (χ1v) is 8.56. The van der Waals surface area contributed by atoms with Gasteiger partial charge < -0.3 is 15.4 Å². The van der Waals surface area contributed by atoms with Crippen molar-refractivity contribution in [3.63, 3.8) is 0 Å². The third-order valence-corrected chi connectivity index (χ3v) is 4.67. The summed E-state index contributed by atoms with van der Waals surface area (Å²) in [6.07, 6.45) is 4.87. The summed E-state index contributed by atoms with van der Waals surface area (Å²) < 4.78 is 2.12. The fourth-order valence-electron chi connectivity index (χ4n) is 3.17. The highest BCUT2D eigenvalue weighted by atomic mass is 16.3. The van der Waals surface area contributed by atoms with E-state index in [9.17, 15) is 5.11 Å². The van der Waals surface area contributed by atoms with E-state index in [1.807, 2.05) is 37.5 Å². The minimum Gasteiger partial charge on any atom is -0.506 e. The highest BCUT2D eigenvalue weighted by Crippen LogP contribution is 2.29. The zero-order valence-corrected chi connectivity index (χ0v) is 14.8. The number of fused-ring (bicyclic) bond motifs is 1. The molecule has 2 aromatic heterocycles. The quantitative estimate of drug-likeness (QED) is 0.432. The molecular formula is C21H20N4O. The van der Waals surface area contributed by atoms with Crippen LogP contribution in [0, 0.1) is 0 Å². The largest absolute Gasteiger partial charge is 0.506 e. The van der Waals surface area contributed by atoms with Gasteiger partial charge in [0.25, 0.3) is 0 Å². The van der Waals surface area contributed by atoms with Crippen LogP contribution in [0.5, 0.6) is 5.75 Å². The molecule has 130 valence electrons.